The summed E-state index contributed by atoms with van der Waals surface area (Å²) in [5, 5.41) is 9.00. The minimum Gasteiger partial charge on any atom is -0.505 e. The molecule has 0 radical (unpaired) electrons. The lowest BCUT2D eigenvalue weighted by molar-refractivity contribution is -0.139. The van der Waals surface area contributed by atoms with Gasteiger partial charge in [-0.15, -0.1) is 0 Å². The second-order valence-electron chi connectivity index (χ2n) is 3.02. The lowest BCUT2D eigenvalue weighted by Crippen LogP contribution is -1.96. The molecule has 3 nitrogen and oxygen atoms in total. The average Bonchev–Trinajstić information content (AvgIpc) is 2.25. The molecule has 1 N–H and O–H groups in total. The number of ether oxygens (including phenoxy) is 1. The number of hydrogen-bond acceptors (Lipinski definition) is 3. The maximum Gasteiger partial charge on any atom is 0.309 e. The number of carbonyl (C=O) groups excluding carboxylic acids is 1. The Bertz CT molecular complexity index is 404. The molecular formula is C11H10F2O3. The summed E-state index contributed by atoms with van der Waals surface area (Å²) < 4.78 is 29.9. The van der Waals surface area contributed by atoms with Crippen molar-refractivity contribution < 1.29 is 23.4 Å². The standard InChI is InChI=1S/C11H10F2O3/c1-16-10(15)4-2-3-7-5-8(12)11(13)9(14)6-7/h2-3,5-6,14H,4H2,1H3. The van der Waals surface area contributed by atoms with Crippen LogP contribution in [0.3, 0.4) is 0 Å². The van der Waals surface area contributed by atoms with Crippen LogP contribution in [0.5, 0.6) is 5.75 Å². The normalized spacial score (nSPS) is 10.7. The summed E-state index contributed by atoms with van der Waals surface area (Å²) >= 11 is 0. The highest BCUT2D eigenvalue weighted by Gasteiger charge is 2.08. The molecule has 1 rings (SSSR count). The summed E-state index contributed by atoms with van der Waals surface area (Å²) in [5.41, 5.74) is 0.264. The molecule has 16 heavy (non-hydrogen) atoms. The summed E-state index contributed by atoms with van der Waals surface area (Å²) in [6.45, 7) is 0. The van der Waals surface area contributed by atoms with E-state index in [2.05, 4.69) is 4.74 Å². The molecule has 1 aromatic carbocycles. The number of benzene rings is 1. The maximum absolute atomic E-state index is 12.8. The van der Waals surface area contributed by atoms with Crippen LogP contribution in [-0.4, -0.2) is 18.2 Å². The number of aromatic hydroxyl groups is 1. The molecule has 0 amide bonds. The molecule has 0 aliphatic rings. The molecule has 0 heterocycles. The second-order valence-corrected chi connectivity index (χ2v) is 3.02. The van der Waals surface area contributed by atoms with Crippen molar-refractivity contribution >= 4 is 12.0 Å². The van der Waals surface area contributed by atoms with Crippen LogP contribution in [0.25, 0.3) is 6.08 Å². The zero-order chi connectivity index (χ0) is 12.1. The Kier molecular flexibility index (Phi) is 3.99. The van der Waals surface area contributed by atoms with E-state index >= 15 is 0 Å². The van der Waals surface area contributed by atoms with Gasteiger partial charge in [0.05, 0.1) is 13.5 Å². The van der Waals surface area contributed by atoms with E-state index in [-0.39, 0.29) is 12.0 Å². The molecule has 0 aliphatic carbocycles. The van der Waals surface area contributed by atoms with Crippen molar-refractivity contribution in [3.8, 4) is 5.75 Å². The topological polar surface area (TPSA) is 46.5 Å². The number of halogens is 2. The van der Waals surface area contributed by atoms with Crippen LogP contribution in [0.1, 0.15) is 12.0 Å². The number of hydrogen-bond donors (Lipinski definition) is 1. The van der Waals surface area contributed by atoms with Gasteiger partial charge in [0.25, 0.3) is 0 Å². The molecule has 0 fully saturated rings. The molecule has 1 aromatic rings. The van der Waals surface area contributed by atoms with Gasteiger partial charge in [-0.3, -0.25) is 4.79 Å². The molecular weight excluding hydrogens is 218 g/mol. The molecule has 0 unspecified atom stereocenters. The third-order valence-corrected chi connectivity index (χ3v) is 1.85. The van der Waals surface area contributed by atoms with E-state index in [9.17, 15) is 13.6 Å². The second kappa shape index (κ2) is 5.25. The highest BCUT2D eigenvalue weighted by Crippen LogP contribution is 2.21. The number of phenolic OH excluding ortho intramolecular Hbond substituents is 1. The summed E-state index contributed by atoms with van der Waals surface area (Å²) in [5.74, 6) is -3.64. The first-order chi connectivity index (χ1) is 7.54. The molecule has 0 aromatic heterocycles. The molecule has 0 aliphatic heterocycles. The zero-order valence-electron chi connectivity index (χ0n) is 8.54. The smallest absolute Gasteiger partial charge is 0.309 e. The van der Waals surface area contributed by atoms with Crippen molar-refractivity contribution in [1.82, 2.24) is 0 Å². The molecule has 0 spiro atoms. The van der Waals surface area contributed by atoms with E-state index in [1.54, 1.807) is 0 Å². The van der Waals surface area contributed by atoms with Crippen molar-refractivity contribution in [2.75, 3.05) is 7.11 Å². The van der Waals surface area contributed by atoms with E-state index < -0.39 is 23.4 Å². The quantitative estimate of drug-likeness (QED) is 0.807. The Morgan fingerprint density at radius 2 is 2.19 bits per heavy atom. The van der Waals surface area contributed by atoms with Crippen molar-refractivity contribution in [1.29, 1.82) is 0 Å². The van der Waals surface area contributed by atoms with Gasteiger partial charge in [-0.05, 0) is 17.7 Å². The van der Waals surface area contributed by atoms with Crippen LogP contribution in [0.15, 0.2) is 18.2 Å². The Labute approximate surface area is 91.0 Å². The van der Waals surface area contributed by atoms with Crippen LogP contribution >= 0.6 is 0 Å². The van der Waals surface area contributed by atoms with Gasteiger partial charge in [0.2, 0.25) is 0 Å². The summed E-state index contributed by atoms with van der Waals surface area (Å²) in [6, 6.07) is 1.98. The number of esters is 1. The van der Waals surface area contributed by atoms with Crippen molar-refractivity contribution in [2.24, 2.45) is 0 Å². The Morgan fingerprint density at radius 1 is 1.50 bits per heavy atom. The maximum atomic E-state index is 12.8. The highest BCUT2D eigenvalue weighted by atomic mass is 19.2. The van der Waals surface area contributed by atoms with Crippen LogP contribution in [0.4, 0.5) is 8.78 Å². The van der Waals surface area contributed by atoms with Gasteiger partial charge in [0.1, 0.15) is 0 Å². The van der Waals surface area contributed by atoms with Crippen LogP contribution in [0.2, 0.25) is 0 Å². The lowest BCUT2D eigenvalue weighted by atomic mass is 10.1. The SMILES string of the molecule is COC(=O)CC=Cc1cc(O)c(F)c(F)c1. The molecule has 5 heteroatoms. The van der Waals surface area contributed by atoms with Crippen LogP contribution in [0, 0.1) is 11.6 Å². The third-order valence-electron chi connectivity index (χ3n) is 1.85. The molecule has 0 atom stereocenters. The monoisotopic (exact) mass is 228 g/mol. The van der Waals surface area contributed by atoms with Gasteiger partial charge in [-0.25, -0.2) is 4.39 Å². The fourth-order valence-corrected chi connectivity index (χ4v) is 1.07. The summed E-state index contributed by atoms with van der Waals surface area (Å²) in [7, 11) is 1.25. The predicted octanol–water partition coefficient (Wildman–Crippen LogP) is 2.25. The van der Waals surface area contributed by atoms with Crippen LogP contribution < -0.4 is 0 Å². The number of carbonyl (C=O) groups is 1. The lowest BCUT2D eigenvalue weighted by Gasteiger charge is -1.99. The van der Waals surface area contributed by atoms with E-state index in [4.69, 9.17) is 5.11 Å². The first-order valence-electron chi connectivity index (χ1n) is 4.46. The van der Waals surface area contributed by atoms with E-state index in [1.807, 2.05) is 0 Å². The van der Waals surface area contributed by atoms with Gasteiger partial charge in [0.15, 0.2) is 17.4 Å². The number of methoxy groups -OCH3 is 1. The minimum absolute atomic E-state index is 0.0241. The van der Waals surface area contributed by atoms with Gasteiger partial charge >= 0.3 is 5.97 Å². The first-order valence-corrected chi connectivity index (χ1v) is 4.46. The predicted molar refractivity (Wildman–Crippen MR) is 53.7 cm³/mol. The Balaban J connectivity index is 2.78. The van der Waals surface area contributed by atoms with Gasteiger partial charge in [0, 0.05) is 0 Å². The highest BCUT2D eigenvalue weighted by molar-refractivity contribution is 5.72. The van der Waals surface area contributed by atoms with Gasteiger partial charge in [-0.2, -0.15) is 4.39 Å². The largest absolute Gasteiger partial charge is 0.505 e. The fraction of sp³-hybridized carbons (Fsp3) is 0.182. The number of phenols is 1. The van der Waals surface area contributed by atoms with Crippen molar-refractivity contribution in [3.05, 3.63) is 35.4 Å². The Hall–Kier alpha value is -1.91. The molecule has 0 saturated carbocycles. The summed E-state index contributed by atoms with van der Waals surface area (Å²) in [4.78, 5) is 10.7. The Morgan fingerprint density at radius 3 is 2.75 bits per heavy atom. The molecule has 0 saturated heterocycles. The summed E-state index contributed by atoms with van der Waals surface area (Å²) in [6.07, 6.45) is 2.84. The first kappa shape index (κ1) is 12.2. The van der Waals surface area contributed by atoms with E-state index in [1.165, 1.54) is 19.3 Å². The zero-order valence-corrected chi connectivity index (χ0v) is 8.54. The fourth-order valence-electron chi connectivity index (χ4n) is 1.07. The number of rotatable bonds is 3. The molecule has 86 valence electrons. The molecule has 0 bridgehead atoms. The van der Waals surface area contributed by atoms with Gasteiger partial charge < -0.3 is 9.84 Å². The van der Waals surface area contributed by atoms with Gasteiger partial charge in [-0.1, -0.05) is 12.2 Å². The van der Waals surface area contributed by atoms with Crippen molar-refractivity contribution in [3.63, 3.8) is 0 Å². The van der Waals surface area contributed by atoms with Crippen molar-refractivity contribution in [2.45, 2.75) is 6.42 Å². The third kappa shape index (κ3) is 3.05. The minimum atomic E-state index is -1.29. The average molecular weight is 228 g/mol. The van der Waals surface area contributed by atoms with E-state index in [0.29, 0.717) is 0 Å². The van der Waals surface area contributed by atoms with E-state index in [0.717, 1.165) is 12.1 Å². The van der Waals surface area contributed by atoms with Crippen LogP contribution in [-0.2, 0) is 9.53 Å².